The van der Waals surface area contributed by atoms with Gasteiger partial charge in [0.1, 0.15) is 0 Å². The predicted octanol–water partition coefficient (Wildman–Crippen LogP) is 3.23. The predicted molar refractivity (Wildman–Crippen MR) is 104 cm³/mol. The Kier molecular flexibility index (Phi) is 6.23. The minimum atomic E-state index is 0.628. The van der Waals surface area contributed by atoms with Crippen molar-refractivity contribution in [3.63, 3.8) is 0 Å². The molecule has 3 rings (SSSR count). The molecule has 0 amide bonds. The molecule has 2 heterocycles. The molecule has 0 bridgehead atoms. The highest BCUT2D eigenvalue weighted by molar-refractivity contribution is 7.09. The number of aliphatic imine (C=N–C) groups is 1. The van der Waals surface area contributed by atoms with E-state index >= 15 is 0 Å². The van der Waals surface area contributed by atoms with Crippen LogP contribution in [0.1, 0.15) is 17.4 Å². The van der Waals surface area contributed by atoms with Gasteiger partial charge in [0, 0.05) is 30.4 Å². The molecule has 1 aromatic carbocycles. The minimum absolute atomic E-state index is 0.628. The second-order valence-corrected chi connectivity index (χ2v) is 6.60. The van der Waals surface area contributed by atoms with E-state index in [9.17, 15) is 0 Å². The van der Waals surface area contributed by atoms with Gasteiger partial charge < -0.3 is 10.6 Å². The van der Waals surface area contributed by atoms with Crippen LogP contribution in [0.15, 0.2) is 65.2 Å². The molecular formula is C19H23N5S. The minimum Gasteiger partial charge on any atom is -0.357 e. The molecule has 0 atom stereocenters. The Morgan fingerprint density at radius 2 is 2.16 bits per heavy atom. The van der Waals surface area contributed by atoms with Gasteiger partial charge >= 0.3 is 0 Å². The fourth-order valence-electron chi connectivity index (χ4n) is 2.49. The van der Waals surface area contributed by atoms with Crippen LogP contribution in [0.2, 0.25) is 0 Å². The van der Waals surface area contributed by atoms with Crippen molar-refractivity contribution in [1.29, 1.82) is 0 Å². The molecule has 0 saturated heterocycles. The number of aromatic nitrogens is 2. The highest BCUT2D eigenvalue weighted by atomic mass is 32.1. The second kappa shape index (κ2) is 9.03. The van der Waals surface area contributed by atoms with Crippen molar-refractivity contribution in [1.82, 2.24) is 20.4 Å². The summed E-state index contributed by atoms with van der Waals surface area (Å²) in [6.07, 6.45) is 4.74. The Bertz CT molecular complexity index is 778. The van der Waals surface area contributed by atoms with Crippen LogP contribution in [0.4, 0.5) is 0 Å². The van der Waals surface area contributed by atoms with E-state index in [0.717, 1.165) is 36.7 Å². The standard InChI is InChI=1S/C19H23N5S/c1-2-20-19(21-11-9-18-8-4-13-25-18)22-15-16-6-3-7-17(14-16)24-12-5-10-23-24/h3-8,10,12-14H,2,9,11,15H2,1H3,(H2,20,21,22). The first-order valence-corrected chi connectivity index (χ1v) is 9.36. The summed E-state index contributed by atoms with van der Waals surface area (Å²) in [6, 6.07) is 14.5. The molecule has 0 saturated carbocycles. The van der Waals surface area contributed by atoms with E-state index < -0.39 is 0 Å². The summed E-state index contributed by atoms with van der Waals surface area (Å²) in [4.78, 5) is 6.08. The number of hydrogen-bond donors (Lipinski definition) is 2. The van der Waals surface area contributed by atoms with Crippen molar-refractivity contribution >= 4 is 17.3 Å². The Labute approximate surface area is 152 Å². The quantitative estimate of drug-likeness (QED) is 0.506. The molecule has 2 aromatic heterocycles. The third-order valence-corrected chi connectivity index (χ3v) is 4.62. The summed E-state index contributed by atoms with van der Waals surface area (Å²) in [6.45, 7) is 4.43. The third kappa shape index (κ3) is 5.19. The maximum absolute atomic E-state index is 4.69. The van der Waals surface area contributed by atoms with Crippen molar-refractivity contribution in [2.45, 2.75) is 19.9 Å². The lowest BCUT2D eigenvalue weighted by Gasteiger charge is -2.11. The Hall–Kier alpha value is -2.60. The van der Waals surface area contributed by atoms with Gasteiger partial charge in [0.15, 0.2) is 5.96 Å². The highest BCUT2D eigenvalue weighted by Crippen LogP contribution is 2.11. The van der Waals surface area contributed by atoms with Gasteiger partial charge in [-0.05, 0) is 48.6 Å². The lowest BCUT2D eigenvalue weighted by molar-refractivity contribution is 0.804. The lowest BCUT2D eigenvalue weighted by atomic mass is 10.2. The first kappa shape index (κ1) is 17.2. The zero-order valence-corrected chi connectivity index (χ0v) is 15.2. The van der Waals surface area contributed by atoms with Crippen LogP contribution >= 0.6 is 11.3 Å². The summed E-state index contributed by atoms with van der Waals surface area (Å²) in [5.74, 6) is 0.851. The molecule has 0 spiro atoms. The number of rotatable bonds is 7. The molecule has 0 aliphatic heterocycles. The Morgan fingerprint density at radius 1 is 1.20 bits per heavy atom. The van der Waals surface area contributed by atoms with Crippen molar-refractivity contribution in [3.05, 3.63) is 70.7 Å². The summed E-state index contributed by atoms with van der Waals surface area (Å²) >= 11 is 1.79. The van der Waals surface area contributed by atoms with E-state index in [1.54, 1.807) is 17.5 Å². The van der Waals surface area contributed by atoms with Crippen LogP contribution in [0.5, 0.6) is 0 Å². The molecule has 6 heteroatoms. The van der Waals surface area contributed by atoms with Crippen LogP contribution in [-0.4, -0.2) is 28.8 Å². The number of guanidine groups is 1. The van der Waals surface area contributed by atoms with Gasteiger partial charge in [-0.25, -0.2) is 9.67 Å². The first-order valence-electron chi connectivity index (χ1n) is 8.48. The van der Waals surface area contributed by atoms with Crippen molar-refractivity contribution in [3.8, 4) is 5.69 Å². The monoisotopic (exact) mass is 353 g/mol. The van der Waals surface area contributed by atoms with Crippen molar-refractivity contribution < 1.29 is 0 Å². The average Bonchev–Trinajstić information content (AvgIpc) is 3.34. The van der Waals surface area contributed by atoms with E-state index in [2.05, 4.69) is 52.3 Å². The average molecular weight is 353 g/mol. The SMILES string of the molecule is CCNC(=NCc1cccc(-n2cccn2)c1)NCCc1cccs1. The van der Waals surface area contributed by atoms with Crippen LogP contribution < -0.4 is 10.6 Å². The molecule has 5 nitrogen and oxygen atoms in total. The summed E-state index contributed by atoms with van der Waals surface area (Å²) < 4.78 is 1.86. The van der Waals surface area contributed by atoms with Gasteiger partial charge in [0.05, 0.1) is 12.2 Å². The van der Waals surface area contributed by atoms with Crippen molar-refractivity contribution in [2.24, 2.45) is 4.99 Å². The number of benzene rings is 1. The van der Waals surface area contributed by atoms with Gasteiger partial charge in [0.25, 0.3) is 0 Å². The van der Waals surface area contributed by atoms with E-state index in [-0.39, 0.29) is 0 Å². The van der Waals surface area contributed by atoms with E-state index in [1.165, 1.54) is 4.88 Å². The largest absolute Gasteiger partial charge is 0.357 e. The van der Waals surface area contributed by atoms with Crippen LogP contribution in [-0.2, 0) is 13.0 Å². The third-order valence-electron chi connectivity index (χ3n) is 3.69. The normalized spacial score (nSPS) is 11.5. The molecular weight excluding hydrogens is 330 g/mol. The Balaban J connectivity index is 1.59. The maximum Gasteiger partial charge on any atom is 0.191 e. The van der Waals surface area contributed by atoms with Gasteiger partial charge in [-0.3, -0.25) is 0 Å². The number of hydrogen-bond acceptors (Lipinski definition) is 3. The molecule has 0 radical (unpaired) electrons. The molecule has 0 fully saturated rings. The number of thiophene rings is 1. The Morgan fingerprint density at radius 3 is 2.92 bits per heavy atom. The molecule has 2 N–H and O–H groups in total. The molecule has 0 aliphatic carbocycles. The van der Waals surface area contributed by atoms with Crippen LogP contribution in [0, 0.1) is 0 Å². The molecule has 0 aliphatic rings. The maximum atomic E-state index is 4.69. The second-order valence-electron chi connectivity index (χ2n) is 5.57. The molecule has 25 heavy (non-hydrogen) atoms. The van der Waals surface area contributed by atoms with Gasteiger partial charge in [-0.2, -0.15) is 5.10 Å². The fourth-order valence-corrected chi connectivity index (χ4v) is 3.20. The molecule has 0 unspecified atom stereocenters. The van der Waals surface area contributed by atoms with E-state index in [1.807, 2.05) is 29.1 Å². The molecule has 130 valence electrons. The summed E-state index contributed by atoms with van der Waals surface area (Å²) in [5.41, 5.74) is 2.21. The van der Waals surface area contributed by atoms with Crippen molar-refractivity contribution in [2.75, 3.05) is 13.1 Å². The lowest BCUT2D eigenvalue weighted by Crippen LogP contribution is -2.38. The van der Waals surface area contributed by atoms with E-state index in [0.29, 0.717) is 6.54 Å². The number of nitrogens with one attached hydrogen (secondary N) is 2. The topological polar surface area (TPSA) is 54.2 Å². The highest BCUT2D eigenvalue weighted by Gasteiger charge is 2.01. The van der Waals surface area contributed by atoms with Gasteiger partial charge in [0.2, 0.25) is 0 Å². The van der Waals surface area contributed by atoms with Gasteiger partial charge in [-0.1, -0.05) is 18.2 Å². The summed E-state index contributed by atoms with van der Waals surface area (Å²) in [7, 11) is 0. The first-order chi connectivity index (χ1) is 12.3. The van der Waals surface area contributed by atoms with Gasteiger partial charge in [-0.15, -0.1) is 11.3 Å². The summed E-state index contributed by atoms with van der Waals surface area (Å²) in [5, 5.41) is 13.1. The molecule has 3 aromatic rings. The zero-order valence-electron chi connectivity index (χ0n) is 14.4. The van der Waals surface area contributed by atoms with E-state index in [4.69, 9.17) is 4.99 Å². The number of nitrogens with zero attached hydrogens (tertiary/aromatic N) is 3. The van der Waals surface area contributed by atoms with Crippen LogP contribution in [0.25, 0.3) is 5.69 Å². The van der Waals surface area contributed by atoms with Crippen LogP contribution in [0.3, 0.4) is 0 Å². The fraction of sp³-hybridized carbons (Fsp3) is 0.263. The smallest absolute Gasteiger partial charge is 0.191 e. The zero-order chi connectivity index (χ0) is 17.3.